The Kier molecular flexibility index (Phi) is 7.47. The van der Waals surface area contributed by atoms with E-state index in [0.717, 1.165) is 23.2 Å². The van der Waals surface area contributed by atoms with Crippen LogP contribution in [0.5, 0.6) is 0 Å². The average molecular weight is 400 g/mol. The van der Waals surface area contributed by atoms with Crippen LogP contribution >= 0.6 is 0 Å². The minimum absolute atomic E-state index is 0.0166. The van der Waals surface area contributed by atoms with Crippen molar-refractivity contribution in [2.45, 2.75) is 58.8 Å². The topological polar surface area (TPSA) is 80.3 Å². The van der Waals surface area contributed by atoms with Crippen LogP contribution in [0.25, 0.3) is 0 Å². The summed E-state index contributed by atoms with van der Waals surface area (Å²) in [5, 5.41) is 13.7. The number of halogens is 3. The van der Waals surface area contributed by atoms with Gasteiger partial charge < -0.3 is 15.2 Å². The molecule has 2 aromatic heterocycles. The van der Waals surface area contributed by atoms with Gasteiger partial charge in [0, 0.05) is 37.3 Å². The van der Waals surface area contributed by atoms with Crippen LogP contribution in [0.2, 0.25) is 0 Å². The van der Waals surface area contributed by atoms with Crippen molar-refractivity contribution in [1.29, 1.82) is 0 Å². The van der Waals surface area contributed by atoms with Crippen molar-refractivity contribution in [1.82, 2.24) is 25.6 Å². The number of rotatable bonds is 8. The van der Waals surface area contributed by atoms with Crippen LogP contribution in [0.15, 0.2) is 21.8 Å². The molecular weight excluding hydrogens is 373 g/mol. The number of guanidine groups is 1. The van der Waals surface area contributed by atoms with E-state index in [9.17, 15) is 13.2 Å². The lowest BCUT2D eigenvalue weighted by Gasteiger charge is -2.10. The second-order valence-electron chi connectivity index (χ2n) is 6.45. The lowest BCUT2D eigenvalue weighted by atomic mass is 9.99. The van der Waals surface area contributed by atoms with E-state index >= 15 is 0 Å². The quantitative estimate of drug-likeness (QED) is 0.523. The predicted molar refractivity (Wildman–Crippen MR) is 99.7 cm³/mol. The lowest BCUT2D eigenvalue weighted by molar-refractivity contribution is -0.142. The largest absolute Gasteiger partial charge is 0.435 e. The molecular formula is C18H27F3N6O. The van der Waals surface area contributed by atoms with E-state index in [0.29, 0.717) is 30.7 Å². The number of aryl methyl sites for hydroxylation is 1. The maximum atomic E-state index is 13.1. The molecule has 0 aliphatic carbocycles. The van der Waals surface area contributed by atoms with E-state index in [1.54, 1.807) is 0 Å². The first kappa shape index (κ1) is 21.8. The number of aromatic nitrogens is 3. The van der Waals surface area contributed by atoms with E-state index in [1.165, 1.54) is 13.2 Å². The van der Waals surface area contributed by atoms with Gasteiger partial charge in [0.25, 0.3) is 0 Å². The first-order chi connectivity index (χ1) is 13.3. The van der Waals surface area contributed by atoms with Crippen LogP contribution in [0, 0.1) is 0 Å². The highest BCUT2D eigenvalue weighted by Crippen LogP contribution is 2.30. The van der Waals surface area contributed by atoms with Gasteiger partial charge in [-0.25, -0.2) is 4.99 Å². The maximum Gasteiger partial charge on any atom is 0.435 e. The highest BCUT2D eigenvalue weighted by Gasteiger charge is 2.36. The number of nitrogens with zero attached hydrogens (tertiary/aromatic N) is 4. The van der Waals surface area contributed by atoms with Gasteiger partial charge in [0.1, 0.15) is 0 Å². The smallest absolute Gasteiger partial charge is 0.359 e. The molecule has 2 heterocycles. The molecule has 0 atom stereocenters. The summed E-state index contributed by atoms with van der Waals surface area (Å²) >= 11 is 0. The molecule has 28 heavy (non-hydrogen) atoms. The van der Waals surface area contributed by atoms with Gasteiger partial charge in [-0.05, 0) is 19.8 Å². The Bertz CT molecular complexity index is 777. The van der Waals surface area contributed by atoms with Gasteiger partial charge in [-0.3, -0.25) is 4.68 Å². The molecule has 0 unspecified atom stereocenters. The summed E-state index contributed by atoms with van der Waals surface area (Å²) < 4.78 is 45.7. The third-order valence-corrected chi connectivity index (χ3v) is 4.34. The van der Waals surface area contributed by atoms with Crippen molar-refractivity contribution in [3.63, 3.8) is 0 Å². The van der Waals surface area contributed by atoms with Crippen LogP contribution in [0.3, 0.4) is 0 Å². The molecule has 0 fully saturated rings. The highest BCUT2D eigenvalue weighted by atomic mass is 19.4. The third kappa shape index (κ3) is 5.74. The number of hydrogen-bond acceptors (Lipinski definition) is 4. The lowest BCUT2D eigenvalue weighted by Crippen LogP contribution is -2.36. The second-order valence-corrected chi connectivity index (χ2v) is 6.45. The molecule has 0 bridgehead atoms. The van der Waals surface area contributed by atoms with Crippen LogP contribution in [-0.4, -0.2) is 27.4 Å². The molecule has 0 amide bonds. The molecule has 2 aromatic rings. The van der Waals surface area contributed by atoms with Gasteiger partial charge in [-0.15, -0.1) is 0 Å². The molecule has 10 heteroatoms. The van der Waals surface area contributed by atoms with Crippen LogP contribution < -0.4 is 10.6 Å². The van der Waals surface area contributed by atoms with Gasteiger partial charge >= 0.3 is 6.18 Å². The molecule has 2 rings (SSSR count). The summed E-state index contributed by atoms with van der Waals surface area (Å²) in [5.74, 6) is 1.38. The summed E-state index contributed by atoms with van der Waals surface area (Å²) in [7, 11) is 1.45. The molecule has 0 aliphatic rings. The van der Waals surface area contributed by atoms with E-state index in [4.69, 9.17) is 4.52 Å². The SMILES string of the molecule is CCNC(=NCc1cn(C)nc1C(F)(F)F)NCc1cc(C(CC)CC)no1. The summed E-state index contributed by atoms with van der Waals surface area (Å²) in [6, 6.07) is 1.90. The summed E-state index contributed by atoms with van der Waals surface area (Å²) in [6.07, 6.45) is -1.23. The fraction of sp³-hybridized carbons (Fsp3) is 0.611. The van der Waals surface area contributed by atoms with Crippen molar-refractivity contribution < 1.29 is 17.7 Å². The van der Waals surface area contributed by atoms with E-state index in [2.05, 4.69) is 39.7 Å². The Hall–Kier alpha value is -2.52. The van der Waals surface area contributed by atoms with Gasteiger partial charge in [-0.2, -0.15) is 18.3 Å². The zero-order valence-electron chi connectivity index (χ0n) is 16.6. The zero-order chi connectivity index (χ0) is 20.7. The van der Waals surface area contributed by atoms with Crippen molar-refractivity contribution in [2.75, 3.05) is 6.54 Å². The molecule has 2 N–H and O–H groups in total. The van der Waals surface area contributed by atoms with Crippen molar-refractivity contribution >= 4 is 5.96 Å². The first-order valence-electron chi connectivity index (χ1n) is 9.35. The van der Waals surface area contributed by atoms with Crippen LogP contribution in [0.4, 0.5) is 13.2 Å². The summed E-state index contributed by atoms with van der Waals surface area (Å²) in [6.45, 7) is 6.84. The number of hydrogen-bond donors (Lipinski definition) is 2. The number of alkyl halides is 3. The minimum Gasteiger partial charge on any atom is -0.359 e. The molecule has 0 aromatic carbocycles. The predicted octanol–water partition coefficient (Wildman–Crippen LogP) is 3.59. The normalized spacial score (nSPS) is 12.6. The van der Waals surface area contributed by atoms with E-state index in [1.807, 2.05) is 13.0 Å². The van der Waals surface area contributed by atoms with E-state index < -0.39 is 11.9 Å². The number of nitrogens with one attached hydrogen (secondary N) is 2. The Morgan fingerprint density at radius 2 is 1.96 bits per heavy atom. The minimum atomic E-state index is -4.51. The van der Waals surface area contributed by atoms with Gasteiger partial charge in [0.15, 0.2) is 17.4 Å². The molecule has 0 saturated heterocycles. The fourth-order valence-corrected chi connectivity index (χ4v) is 2.88. The summed E-state index contributed by atoms with van der Waals surface area (Å²) in [5.41, 5.74) is 0.0106. The monoisotopic (exact) mass is 400 g/mol. The Morgan fingerprint density at radius 3 is 2.57 bits per heavy atom. The Morgan fingerprint density at radius 1 is 1.25 bits per heavy atom. The fourth-order valence-electron chi connectivity index (χ4n) is 2.88. The average Bonchev–Trinajstić information content (AvgIpc) is 3.25. The molecule has 0 aliphatic heterocycles. The molecule has 0 radical (unpaired) electrons. The van der Waals surface area contributed by atoms with E-state index in [-0.39, 0.29) is 12.1 Å². The second kappa shape index (κ2) is 9.61. The number of aliphatic imine (C=N–C) groups is 1. The van der Waals surface area contributed by atoms with Crippen molar-refractivity contribution in [3.8, 4) is 0 Å². The van der Waals surface area contributed by atoms with Gasteiger partial charge in [0.2, 0.25) is 0 Å². The molecule has 156 valence electrons. The highest BCUT2D eigenvalue weighted by molar-refractivity contribution is 5.79. The Labute approximate surface area is 162 Å². The van der Waals surface area contributed by atoms with Gasteiger partial charge in [-0.1, -0.05) is 19.0 Å². The first-order valence-corrected chi connectivity index (χ1v) is 9.35. The zero-order valence-corrected chi connectivity index (χ0v) is 16.6. The molecule has 0 spiro atoms. The third-order valence-electron chi connectivity index (χ3n) is 4.34. The van der Waals surface area contributed by atoms with Crippen molar-refractivity contribution in [3.05, 3.63) is 35.0 Å². The Balaban J connectivity index is 2.06. The van der Waals surface area contributed by atoms with Gasteiger partial charge in [0.05, 0.1) is 18.8 Å². The summed E-state index contributed by atoms with van der Waals surface area (Å²) in [4.78, 5) is 4.24. The maximum absolute atomic E-state index is 13.1. The van der Waals surface area contributed by atoms with Crippen molar-refractivity contribution in [2.24, 2.45) is 12.0 Å². The molecule has 7 nitrogen and oxygen atoms in total. The standard InChI is InChI=1S/C18H27F3N6O/c1-5-12(6-2)15-8-14(28-26-15)10-24-17(22-7-3)23-9-13-11-27(4)25-16(13)18(19,20)21/h8,11-12H,5-7,9-10H2,1-4H3,(H2,22,23,24). The van der Waals surface area contributed by atoms with Crippen LogP contribution in [0.1, 0.15) is 62.2 Å². The molecule has 0 saturated carbocycles. The van der Waals surface area contributed by atoms with Crippen LogP contribution in [-0.2, 0) is 26.3 Å².